The van der Waals surface area contributed by atoms with Crippen LogP contribution in [0.3, 0.4) is 0 Å². The second-order valence-electron chi connectivity index (χ2n) is 5.12. The lowest BCUT2D eigenvalue weighted by Gasteiger charge is -2.21. The van der Waals surface area contributed by atoms with Gasteiger partial charge in [0.2, 0.25) is 5.95 Å². The molecule has 0 unspecified atom stereocenters. The first kappa shape index (κ1) is 15.1. The zero-order valence-electron chi connectivity index (χ0n) is 12.9. The summed E-state index contributed by atoms with van der Waals surface area (Å²) < 4.78 is 3.18. The number of H-pyrrole nitrogens is 1. The van der Waals surface area contributed by atoms with Gasteiger partial charge in [0, 0.05) is 26.7 Å². The van der Waals surface area contributed by atoms with Gasteiger partial charge in [-0.1, -0.05) is 12.2 Å². The number of anilines is 1. The van der Waals surface area contributed by atoms with Crippen molar-refractivity contribution < 1.29 is 0 Å². The van der Waals surface area contributed by atoms with Crippen LogP contribution in [-0.2, 0) is 13.6 Å². The molecule has 0 fully saturated rings. The van der Waals surface area contributed by atoms with Gasteiger partial charge in [-0.15, -0.1) is 0 Å². The van der Waals surface area contributed by atoms with Gasteiger partial charge in [0.25, 0.3) is 5.56 Å². The van der Waals surface area contributed by atoms with Crippen molar-refractivity contribution in [2.45, 2.75) is 27.3 Å². The van der Waals surface area contributed by atoms with E-state index in [2.05, 4.69) is 16.5 Å². The van der Waals surface area contributed by atoms with Gasteiger partial charge in [0.05, 0.1) is 0 Å². The van der Waals surface area contributed by atoms with Crippen LogP contribution in [0.5, 0.6) is 0 Å². The fraction of sp³-hybridized carbons (Fsp3) is 0.500. The maximum absolute atomic E-state index is 12.2. The van der Waals surface area contributed by atoms with Gasteiger partial charge in [-0.2, -0.15) is 4.98 Å². The normalized spacial score (nSPS) is 11.0. The van der Waals surface area contributed by atoms with Crippen molar-refractivity contribution in [3.05, 3.63) is 33.0 Å². The van der Waals surface area contributed by atoms with Gasteiger partial charge in [-0.3, -0.25) is 14.3 Å². The highest BCUT2D eigenvalue weighted by atomic mass is 16.2. The molecule has 2 heterocycles. The van der Waals surface area contributed by atoms with E-state index in [-0.39, 0.29) is 0 Å². The van der Waals surface area contributed by atoms with Crippen LogP contribution in [0.25, 0.3) is 11.2 Å². The molecule has 0 amide bonds. The fourth-order valence-corrected chi connectivity index (χ4v) is 2.39. The minimum atomic E-state index is -0.460. The lowest BCUT2D eigenvalue weighted by molar-refractivity contribution is 0.738. The van der Waals surface area contributed by atoms with Gasteiger partial charge < -0.3 is 9.47 Å². The molecule has 0 aliphatic carbocycles. The third-order valence-corrected chi connectivity index (χ3v) is 3.46. The molecule has 0 radical (unpaired) electrons. The summed E-state index contributed by atoms with van der Waals surface area (Å²) in [7, 11) is 1.60. The Morgan fingerprint density at radius 2 is 1.95 bits per heavy atom. The lowest BCUT2D eigenvalue weighted by Crippen LogP contribution is -2.29. The number of aryl methyl sites for hydroxylation is 1. The summed E-state index contributed by atoms with van der Waals surface area (Å²) in [6.45, 7) is 11.9. The summed E-state index contributed by atoms with van der Waals surface area (Å²) in [6, 6.07) is 0. The molecule has 114 valence electrons. The number of aromatic amines is 1. The molecule has 0 bridgehead atoms. The molecule has 1 N–H and O–H groups in total. The summed E-state index contributed by atoms with van der Waals surface area (Å²) in [5.41, 5.74) is 0.837. The van der Waals surface area contributed by atoms with Crippen LogP contribution in [-0.4, -0.2) is 32.2 Å². The van der Waals surface area contributed by atoms with Crippen molar-refractivity contribution in [3.63, 3.8) is 0 Å². The van der Waals surface area contributed by atoms with Crippen molar-refractivity contribution in [1.29, 1.82) is 0 Å². The lowest BCUT2D eigenvalue weighted by atomic mass is 10.3. The molecular weight excluding hydrogens is 270 g/mol. The summed E-state index contributed by atoms with van der Waals surface area (Å²) in [5, 5.41) is 0. The highest BCUT2D eigenvalue weighted by Gasteiger charge is 2.19. The topological polar surface area (TPSA) is 75.9 Å². The molecule has 0 spiro atoms. The van der Waals surface area contributed by atoms with Crippen molar-refractivity contribution in [2.24, 2.45) is 7.05 Å². The van der Waals surface area contributed by atoms with Gasteiger partial charge >= 0.3 is 5.69 Å². The van der Waals surface area contributed by atoms with E-state index in [0.717, 1.165) is 18.7 Å². The molecule has 0 saturated heterocycles. The van der Waals surface area contributed by atoms with Crippen LogP contribution in [0.4, 0.5) is 5.95 Å². The number of aromatic nitrogens is 4. The molecule has 2 aromatic rings. The Labute approximate surface area is 122 Å². The summed E-state index contributed by atoms with van der Waals surface area (Å²) in [6.07, 6.45) is 0. The SMILES string of the molecule is C=C(C)Cn1c(N(CC)CC)nc2c1c(=O)[nH]c(=O)n2C. The Bertz CT molecular complexity index is 792. The number of hydrogen-bond donors (Lipinski definition) is 1. The molecule has 2 aromatic heterocycles. The quantitative estimate of drug-likeness (QED) is 0.829. The maximum atomic E-state index is 12.2. The van der Waals surface area contributed by atoms with Crippen molar-refractivity contribution in [1.82, 2.24) is 19.1 Å². The van der Waals surface area contributed by atoms with Crippen LogP contribution in [0.15, 0.2) is 21.7 Å². The highest BCUT2D eigenvalue weighted by molar-refractivity contribution is 5.74. The van der Waals surface area contributed by atoms with Gasteiger partial charge in [-0.05, 0) is 20.8 Å². The minimum absolute atomic E-state index is 0.395. The Kier molecular flexibility index (Phi) is 4.02. The van der Waals surface area contributed by atoms with Gasteiger partial charge in [0.15, 0.2) is 11.2 Å². The summed E-state index contributed by atoms with van der Waals surface area (Å²) in [5.74, 6) is 0.685. The average Bonchev–Trinajstić information content (AvgIpc) is 2.77. The Hall–Kier alpha value is -2.31. The third-order valence-electron chi connectivity index (χ3n) is 3.46. The van der Waals surface area contributed by atoms with E-state index < -0.39 is 11.2 Å². The summed E-state index contributed by atoms with van der Waals surface area (Å²) >= 11 is 0. The van der Waals surface area contributed by atoms with Crippen molar-refractivity contribution >= 4 is 17.1 Å². The fourth-order valence-electron chi connectivity index (χ4n) is 2.39. The van der Waals surface area contributed by atoms with E-state index in [1.165, 1.54) is 4.57 Å². The monoisotopic (exact) mass is 291 g/mol. The van der Waals surface area contributed by atoms with E-state index in [9.17, 15) is 9.59 Å². The Balaban J connectivity index is 2.88. The van der Waals surface area contributed by atoms with E-state index in [0.29, 0.717) is 23.7 Å². The second kappa shape index (κ2) is 5.59. The largest absolute Gasteiger partial charge is 0.343 e. The van der Waals surface area contributed by atoms with Crippen LogP contribution in [0.1, 0.15) is 20.8 Å². The zero-order valence-corrected chi connectivity index (χ0v) is 12.9. The number of allylic oxidation sites excluding steroid dienone is 1. The first-order valence-electron chi connectivity index (χ1n) is 6.99. The van der Waals surface area contributed by atoms with Crippen molar-refractivity contribution in [3.8, 4) is 0 Å². The zero-order chi connectivity index (χ0) is 15.7. The highest BCUT2D eigenvalue weighted by Crippen LogP contribution is 2.20. The molecule has 7 heteroatoms. The number of hydrogen-bond acceptors (Lipinski definition) is 4. The second-order valence-corrected chi connectivity index (χ2v) is 5.12. The third kappa shape index (κ3) is 2.51. The number of fused-ring (bicyclic) bond motifs is 1. The van der Waals surface area contributed by atoms with Gasteiger partial charge in [0.1, 0.15) is 0 Å². The molecule has 0 aliphatic rings. The molecule has 0 aromatic carbocycles. The molecule has 0 aliphatic heterocycles. The van der Waals surface area contributed by atoms with Crippen LogP contribution in [0.2, 0.25) is 0 Å². The van der Waals surface area contributed by atoms with Crippen molar-refractivity contribution in [2.75, 3.05) is 18.0 Å². The maximum Gasteiger partial charge on any atom is 0.329 e. The number of imidazole rings is 1. The molecular formula is C14H21N5O2. The predicted molar refractivity (Wildman–Crippen MR) is 84.0 cm³/mol. The number of rotatable bonds is 5. The summed E-state index contributed by atoms with van der Waals surface area (Å²) in [4.78, 5) is 32.8. The smallest absolute Gasteiger partial charge is 0.329 e. The van der Waals surface area contributed by atoms with Crippen LogP contribution in [0, 0.1) is 0 Å². The molecule has 2 rings (SSSR count). The molecule has 21 heavy (non-hydrogen) atoms. The molecule has 7 nitrogen and oxygen atoms in total. The van der Waals surface area contributed by atoms with E-state index in [4.69, 9.17) is 0 Å². The first-order chi connectivity index (χ1) is 9.90. The van der Waals surface area contributed by atoms with E-state index in [1.54, 1.807) is 7.05 Å². The predicted octanol–water partition coefficient (Wildman–Crippen LogP) is 0.846. The van der Waals surface area contributed by atoms with Crippen LogP contribution >= 0.6 is 0 Å². The average molecular weight is 291 g/mol. The number of nitrogens with one attached hydrogen (secondary N) is 1. The first-order valence-corrected chi connectivity index (χ1v) is 6.99. The number of nitrogens with zero attached hydrogens (tertiary/aromatic N) is 4. The standard InChI is InChI=1S/C14H21N5O2/c1-6-18(7-2)13-15-11-10(19(13)8-9(3)4)12(20)16-14(21)17(11)5/h3,6-8H2,1-2,4-5H3,(H,16,20,21). The molecule has 0 atom stereocenters. The molecule has 0 saturated carbocycles. The van der Waals surface area contributed by atoms with E-state index in [1.807, 2.05) is 30.2 Å². The van der Waals surface area contributed by atoms with Gasteiger partial charge in [-0.25, -0.2) is 4.79 Å². The van der Waals surface area contributed by atoms with Crippen LogP contribution < -0.4 is 16.1 Å². The minimum Gasteiger partial charge on any atom is -0.343 e. The Morgan fingerprint density at radius 3 is 2.48 bits per heavy atom. The Morgan fingerprint density at radius 1 is 1.33 bits per heavy atom. The van der Waals surface area contributed by atoms with E-state index >= 15 is 0 Å².